The lowest BCUT2D eigenvalue weighted by molar-refractivity contribution is -0.143. The number of carbonyl (C=O) groups excluding carboxylic acids is 4. The number of nitrogens with one attached hydrogen (secondary N) is 4. The molecule has 0 spiro atoms. The molecule has 4 amide bonds. The molecule has 0 aliphatic carbocycles. The zero-order valence-electron chi connectivity index (χ0n) is 19.0. The van der Waals surface area contributed by atoms with Crippen LogP contribution in [0.25, 0.3) is 0 Å². The Kier molecular flexibility index (Phi) is 12.1. The summed E-state index contributed by atoms with van der Waals surface area (Å²) >= 11 is 0. The van der Waals surface area contributed by atoms with Crippen molar-refractivity contribution in [2.45, 2.75) is 75.5 Å². The molecular formula is C20H31N5O10. The van der Waals surface area contributed by atoms with Gasteiger partial charge in [-0.1, -0.05) is 0 Å². The van der Waals surface area contributed by atoms with E-state index in [0.717, 1.165) is 6.42 Å². The van der Waals surface area contributed by atoms with Crippen molar-refractivity contribution < 1.29 is 48.9 Å². The van der Waals surface area contributed by atoms with Gasteiger partial charge in [-0.3, -0.25) is 28.8 Å². The Balaban J connectivity index is 2.97. The predicted octanol–water partition coefficient (Wildman–Crippen LogP) is -2.73. The van der Waals surface area contributed by atoms with Crippen LogP contribution in [0.1, 0.15) is 51.4 Å². The van der Waals surface area contributed by atoms with E-state index in [0.29, 0.717) is 13.0 Å². The Labute approximate surface area is 200 Å². The van der Waals surface area contributed by atoms with Crippen LogP contribution in [0, 0.1) is 0 Å². The standard InChI is InChI=1S/C20H31N5O10/c21-14(26)6-3-13(20(34)35)25-19(33)12(5-8-16(29)30)24-18(32)11(4-7-15(27)28)23-17(31)10-2-1-9-22-10/h10-13,22H,1-9H2,(H2,21,26)(H,23,31)(H,24,32)(H,25,33)(H,27,28)(H,29,30)(H,34,35). The van der Waals surface area contributed by atoms with Crippen molar-refractivity contribution in [2.75, 3.05) is 6.54 Å². The molecule has 1 fully saturated rings. The van der Waals surface area contributed by atoms with Gasteiger partial charge in [-0.15, -0.1) is 0 Å². The second-order valence-corrected chi connectivity index (χ2v) is 8.04. The van der Waals surface area contributed by atoms with Gasteiger partial charge in [-0.2, -0.15) is 0 Å². The number of carboxylic acid groups (broad SMARTS) is 3. The van der Waals surface area contributed by atoms with Crippen LogP contribution < -0.4 is 27.0 Å². The SMILES string of the molecule is NC(=O)CCC(NC(=O)C(CCC(=O)O)NC(=O)C(CCC(=O)O)NC(=O)C1CCCN1)C(=O)O. The predicted molar refractivity (Wildman–Crippen MR) is 117 cm³/mol. The van der Waals surface area contributed by atoms with Crippen molar-refractivity contribution in [3.8, 4) is 0 Å². The Morgan fingerprint density at radius 1 is 0.771 bits per heavy atom. The van der Waals surface area contributed by atoms with Crippen LogP contribution in [0.3, 0.4) is 0 Å². The maximum atomic E-state index is 12.9. The molecule has 0 aromatic rings. The number of amides is 4. The monoisotopic (exact) mass is 501 g/mol. The molecule has 0 radical (unpaired) electrons. The van der Waals surface area contributed by atoms with Crippen LogP contribution in [0.5, 0.6) is 0 Å². The Morgan fingerprint density at radius 2 is 1.26 bits per heavy atom. The molecule has 0 aromatic heterocycles. The average molecular weight is 501 g/mol. The molecule has 196 valence electrons. The summed E-state index contributed by atoms with van der Waals surface area (Å²) in [6, 6.07) is -4.95. The Morgan fingerprint density at radius 3 is 1.69 bits per heavy atom. The number of carboxylic acids is 3. The van der Waals surface area contributed by atoms with Crippen molar-refractivity contribution in [3.63, 3.8) is 0 Å². The van der Waals surface area contributed by atoms with Crippen molar-refractivity contribution in [1.29, 1.82) is 0 Å². The van der Waals surface area contributed by atoms with Crippen molar-refractivity contribution in [2.24, 2.45) is 5.73 Å². The van der Waals surface area contributed by atoms with Gasteiger partial charge < -0.3 is 42.3 Å². The zero-order valence-corrected chi connectivity index (χ0v) is 19.0. The lowest BCUT2D eigenvalue weighted by Gasteiger charge is -2.25. The highest BCUT2D eigenvalue weighted by Gasteiger charge is 2.32. The third kappa shape index (κ3) is 11.3. The molecule has 0 bridgehead atoms. The van der Waals surface area contributed by atoms with E-state index in [4.69, 9.17) is 15.9 Å². The van der Waals surface area contributed by atoms with Gasteiger partial charge in [0, 0.05) is 19.3 Å². The van der Waals surface area contributed by atoms with E-state index in [1.54, 1.807) is 0 Å². The molecule has 15 heteroatoms. The third-order valence-corrected chi connectivity index (χ3v) is 5.23. The third-order valence-electron chi connectivity index (χ3n) is 5.23. The minimum absolute atomic E-state index is 0.302. The Hall–Kier alpha value is -3.75. The van der Waals surface area contributed by atoms with E-state index in [1.165, 1.54) is 0 Å². The molecule has 1 aliphatic heterocycles. The number of nitrogens with two attached hydrogens (primary N) is 1. The number of carbonyl (C=O) groups is 7. The van der Waals surface area contributed by atoms with E-state index in [9.17, 15) is 38.7 Å². The topological polar surface area (TPSA) is 254 Å². The summed E-state index contributed by atoms with van der Waals surface area (Å²) in [6.07, 6.45) is -1.18. The fourth-order valence-electron chi connectivity index (χ4n) is 3.34. The Bertz CT molecular complexity index is 827. The van der Waals surface area contributed by atoms with Gasteiger partial charge in [-0.05, 0) is 38.6 Å². The van der Waals surface area contributed by atoms with Crippen LogP contribution in [-0.4, -0.2) is 87.6 Å². The summed E-state index contributed by atoms with van der Waals surface area (Å²) in [4.78, 5) is 82.3. The van der Waals surface area contributed by atoms with Crippen molar-refractivity contribution in [1.82, 2.24) is 21.3 Å². The first kappa shape index (κ1) is 29.3. The van der Waals surface area contributed by atoms with Crippen LogP contribution in [-0.2, 0) is 33.6 Å². The number of rotatable bonds is 16. The molecular weight excluding hydrogens is 470 g/mol. The summed E-state index contributed by atoms with van der Waals surface area (Å²) in [5, 5.41) is 37.0. The van der Waals surface area contributed by atoms with Crippen LogP contribution in [0.15, 0.2) is 0 Å². The van der Waals surface area contributed by atoms with Gasteiger partial charge in [0.2, 0.25) is 23.6 Å². The maximum Gasteiger partial charge on any atom is 0.326 e. The van der Waals surface area contributed by atoms with Crippen LogP contribution >= 0.6 is 0 Å². The van der Waals surface area contributed by atoms with E-state index in [-0.39, 0.29) is 19.3 Å². The van der Waals surface area contributed by atoms with Crippen molar-refractivity contribution >= 4 is 41.5 Å². The quantitative estimate of drug-likeness (QED) is 0.108. The molecule has 1 rings (SSSR count). The number of hydrogen-bond acceptors (Lipinski definition) is 8. The highest BCUT2D eigenvalue weighted by Crippen LogP contribution is 2.08. The number of hydrogen-bond donors (Lipinski definition) is 8. The largest absolute Gasteiger partial charge is 0.481 e. The lowest BCUT2D eigenvalue weighted by Crippen LogP contribution is -2.57. The molecule has 1 heterocycles. The molecule has 35 heavy (non-hydrogen) atoms. The zero-order chi connectivity index (χ0) is 26.5. The fraction of sp³-hybridized carbons (Fsp3) is 0.650. The summed E-state index contributed by atoms with van der Waals surface area (Å²) in [7, 11) is 0. The van der Waals surface area contributed by atoms with Crippen LogP contribution in [0.2, 0.25) is 0 Å². The average Bonchev–Trinajstić information content (AvgIpc) is 3.30. The van der Waals surface area contributed by atoms with Gasteiger partial charge in [0.25, 0.3) is 0 Å². The summed E-state index contributed by atoms with van der Waals surface area (Å²) < 4.78 is 0. The van der Waals surface area contributed by atoms with E-state index in [1.807, 2.05) is 0 Å². The smallest absolute Gasteiger partial charge is 0.326 e. The van der Waals surface area contributed by atoms with Gasteiger partial charge in [0.15, 0.2) is 0 Å². The molecule has 9 N–H and O–H groups in total. The molecule has 15 nitrogen and oxygen atoms in total. The highest BCUT2D eigenvalue weighted by atomic mass is 16.4. The normalized spacial score (nSPS) is 17.4. The summed E-state index contributed by atoms with van der Waals surface area (Å²) in [5.41, 5.74) is 5.00. The van der Waals surface area contributed by atoms with E-state index < -0.39 is 85.0 Å². The molecule has 4 atom stereocenters. The molecule has 1 aliphatic rings. The lowest BCUT2D eigenvalue weighted by atomic mass is 10.1. The first-order valence-electron chi connectivity index (χ1n) is 11.0. The summed E-state index contributed by atoms with van der Waals surface area (Å²) in [5.74, 6) is -7.28. The number of aliphatic carboxylic acids is 3. The maximum absolute atomic E-state index is 12.9. The van der Waals surface area contributed by atoms with Crippen molar-refractivity contribution in [3.05, 3.63) is 0 Å². The first-order chi connectivity index (χ1) is 16.4. The van der Waals surface area contributed by atoms with Crippen LogP contribution in [0.4, 0.5) is 0 Å². The minimum Gasteiger partial charge on any atom is -0.481 e. The molecule has 4 unspecified atom stereocenters. The van der Waals surface area contributed by atoms with Gasteiger partial charge in [0.1, 0.15) is 18.1 Å². The fourth-order valence-corrected chi connectivity index (χ4v) is 3.34. The minimum atomic E-state index is -1.53. The van der Waals surface area contributed by atoms with Gasteiger partial charge >= 0.3 is 17.9 Å². The summed E-state index contributed by atoms with van der Waals surface area (Å²) in [6.45, 7) is 0.599. The first-order valence-corrected chi connectivity index (χ1v) is 11.0. The van der Waals surface area contributed by atoms with Gasteiger partial charge in [0.05, 0.1) is 6.04 Å². The molecule has 1 saturated heterocycles. The second-order valence-electron chi connectivity index (χ2n) is 8.04. The van der Waals surface area contributed by atoms with Gasteiger partial charge in [-0.25, -0.2) is 4.79 Å². The second kappa shape index (κ2) is 14.5. The molecule has 0 saturated carbocycles. The van der Waals surface area contributed by atoms with E-state index in [2.05, 4.69) is 21.3 Å². The molecule has 0 aromatic carbocycles. The number of primary amides is 1. The van der Waals surface area contributed by atoms with E-state index >= 15 is 0 Å². The highest BCUT2D eigenvalue weighted by molar-refractivity contribution is 5.94.